The molecule has 1 unspecified atom stereocenters. The summed E-state index contributed by atoms with van der Waals surface area (Å²) in [6.07, 6.45) is 1.50. The Hall–Kier alpha value is -5.44. The Balaban J connectivity index is 0.896. The molecule has 0 saturated carbocycles. The van der Waals surface area contributed by atoms with E-state index in [2.05, 4.69) is 24.7 Å². The van der Waals surface area contributed by atoms with Crippen molar-refractivity contribution in [2.24, 2.45) is 5.92 Å². The number of piperidine rings is 1. The highest BCUT2D eigenvalue weighted by Crippen LogP contribution is 2.45. The fraction of sp³-hybridized carbons (Fsp3) is 0.386. The van der Waals surface area contributed by atoms with Crippen LogP contribution in [0.3, 0.4) is 0 Å². The van der Waals surface area contributed by atoms with Crippen LogP contribution in [0.4, 0.5) is 31.5 Å². The minimum atomic E-state index is -4.32. The number of thioether (sulfide) groups is 1. The van der Waals surface area contributed by atoms with Crippen molar-refractivity contribution >= 4 is 79.5 Å². The average Bonchev–Trinajstić information content (AvgIpc) is 3.80. The quantitative estimate of drug-likeness (QED) is 0.0302. The van der Waals surface area contributed by atoms with Crippen LogP contribution in [0, 0.1) is 31.4 Å². The predicted octanol–water partition coefficient (Wildman–Crippen LogP) is 11.3. The lowest BCUT2D eigenvalue weighted by atomic mass is 9.96. The maximum atomic E-state index is 15.8. The minimum absolute atomic E-state index is 0.0763. The Morgan fingerprint density at radius 3 is 2.08 bits per heavy atom. The molecule has 2 fully saturated rings. The van der Waals surface area contributed by atoms with E-state index in [1.54, 1.807) is 67.6 Å². The van der Waals surface area contributed by atoms with Crippen molar-refractivity contribution in [3.8, 4) is 22.4 Å². The van der Waals surface area contributed by atoms with Crippen LogP contribution in [-0.4, -0.2) is 118 Å². The molecule has 6 aromatic rings. The molecule has 0 radical (unpaired) electrons. The lowest BCUT2D eigenvalue weighted by Crippen LogP contribution is -2.46. The number of aryl methyl sites for hydroxylation is 1. The molecule has 5 aromatic carbocycles. The van der Waals surface area contributed by atoms with Crippen molar-refractivity contribution in [3.63, 3.8) is 0 Å². The van der Waals surface area contributed by atoms with E-state index in [4.69, 9.17) is 16.3 Å². The largest absolute Gasteiger partial charge is 0.462 e. The molecule has 0 spiro atoms. The van der Waals surface area contributed by atoms with Crippen LogP contribution in [0.25, 0.3) is 22.4 Å². The zero-order valence-electron chi connectivity index (χ0n) is 45.0. The van der Waals surface area contributed by atoms with E-state index < -0.39 is 51.5 Å². The summed E-state index contributed by atoms with van der Waals surface area (Å²) in [6.45, 7) is 13.2. The second-order valence-electron chi connectivity index (χ2n) is 20.8. The Bertz CT molecular complexity index is 3420. The molecule has 22 heteroatoms. The van der Waals surface area contributed by atoms with E-state index in [0.717, 1.165) is 16.9 Å². The van der Waals surface area contributed by atoms with Crippen molar-refractivity contribution in [2.75, 3.05) is 83.8 Å². The number of piperazine rings is 1. The van der Waals surface area contributed by atoms with Gasteiger partial charge in [-0.3, -0.25) is 14.1 Å². The number of carbonyl (C=O) groups excluding carboxylic acids is 1. The van der Waals surface area contributed by atoms with Gasteiger partial charge >= 0.3 is 13.6 Å². The van der Waals surface area contributed by atoms with Crippen molar-refractivity contribution in [1.82, 2.24) is 9.47 Å². The molecule has 3 heterocycles. The SMILES string of the molecule is Cc1cc(S(=O)(=O)Nc2ccc(N3CCN(c4cc(F)cc(-c5c(S(C)(=O)=O)c(C)n(C(C)C)c5-c5ccc(Cl)cc5)c4)CC3)cc2)ccc1N[C@H](CCN1CCC(C(=O)OC(C)CP(=O)(O)O)CC1)CSc1ccccc1F. The van der Waals surface area contributed by atoms with E-state index in [9.17, 15) is 40.4 Å². The van der Waals surface area contributed by atoms with Gasteiger partial charge in [0.1, 0.15) is 17.7 Å². The summed E-state index contributed by atoms with van der Waals surface area (Å²) in [5, 5.41) is 4.12. The van der Waals surface area contributed by atoms with Gasteiger partial charge in [0.05, 0.1) is 27.6 Å². The topological polar surface area (TPSA) is 191 Å². The molecule has 4 N–H and O–H groups in total. The number of nitrogens with one attached hydrogen (secondary N) is 2. The highest BCUT2D eigenvalue weighted by Gasteiger charge is 2.32. The van der Waals surface area contributed by atoms with Crippen LogP contribution in [0.15, 0.2) is 124 Å². The summed E-state index contributed by atoms with van der Waals surface area (Å²) < 4.78 is 107. The number of carbonyl (C=O) groups is 1. The van der Waals surface area contributed by atoms with Gasteiger partial charge in [0.2, 0.25) is 0 Å². The first-order valence-electron chi connectivity index (χ1n) is 26.2. The van der Waals surface area contributed by atoms with Crippen LogP contribution in [0.5, 0.6) is 0 Å². The molecule has 15 nitrogen and oxygen atoms in total. The second kappa shape index (κ2) is 25.1. The zero-order chi connectivity index (χ0) is 57.0. The standard InChI is InChI=1S/C57H68ClF2N6O9PS3/c1-37(2)66-40(5)56(78(6,71)72)54(55(66)41-11-13-44(58)14-12-41)43-32-45(59)34-49(33-43)65-29-27-64(28-30-65)48-17-15-46(16-18-48)62-79(73,74)50-19-20-52(38(3)31-50)61-47(36-77-53-10-8-7-9-51(53)60)23-26-63-24-21-42(22-25-63)57(67)75-39(4)35-76(68,69)70/h7-20,31-34,37,39,42,47,61-62H,21-30,35-36H2,1-6H3,(H2,68,69,70)/t39?,47-/m1/s1. The Kier molecular flexibility index (Phi) is 19.0. The van der Waals surface area contributed by atoms with Gasteiger partial charge in [-0.1, -0.05) is 35.9 Å². The summed E-state index contributed by atoms with van der Waals surface area (Å²) >= 11 is 7.65. The minimum Gasteiger partial charge on any atom is -0.462 e. The van der Waals surface area contributed by atoms with Crippen LogP contribution in [0.1, 0.15) is 57.3 Å². The third kappa shape index (κ3) is 15.1. The number of sulfone groups is 1. The number of benzene rings is 5. The zero-order valence-corrected chi connectivity index (χ0v) is 49.1. The summed E-state index contributed by atoms with van der Waals surface area (Å²) in [6, 6.07) is 30.2. The first kappa shape index (κ1) is 59.7. The number of hydrogen-bond acceptors (Lipinski definition) is 12. The lowest BCUT2D eigenvalue weighted by Gasteiger charge is -2.37. The normalized spacial score (nSPS) is 15.8. The van der Waals surface area contributed by atoms with Gasteiger partial charge in [-0.05, 0) is 169 Å². The number of anilines is 4. The van der Waals surface area contributed by atoms with Gasteiger partial charge in [-0.25, -0.2) is 25.6 Å². The van der Waals surface area contributed by atoms with Crippen molar-refractivity contribution < 1.29 is 49.5 Å². The van der Waals surface area contributed by atoms with Gasteiger partial charge in [0.15, 0.2) is 9.84 Å². The molecular formula is C57H68ClF2N6O9PS3. The molecule has 424 valence electrons. The molecule has 2 aliphatic rings. The summed E-state index contributed by atoms with van der Waals surface area (Å²) in [4.78, 5) is 38.5. The highest BCUT2D eigenvalue weighted by atomic mass is 35.5. The Morgan fingerprint density at radius 2 is 1.47 bits per heavy atom. The Labute approximate surface area is 471 Å². The molecule has 8 rings (SSSR count). The number of ether oxygens (including phenoxy) is 1. The third-order valence-corrected chi connectivity index (χ3v) is 19.4. The molecule has 2 atom stereocenters. The Morgan fingerprint density at radius 1 is 0.823 bits per heavy atom. The first-order chi connectivity index (χ1) is 37.3. The third-order valence-electron chi connectivity index (χ3n) is 14.4. The predicted molar refractivity (Wildman–Crippen MR) is 312 cm³/mol. The van der Waals surface area contributed by atoms with Gasteiger partial charge < -0.3 is 39.1 Å². The molecule has 2 saturated heterocycles. The highest BCUT2D eigenvalue weighted by molar-refractivity contribution is 7.99. The van der Waals surface area contributed by atoms with Gasteiger partial charge in [-0.2, -0.15) is 0 Å². The molecule has 0 aliphatic carbocycles. The molecular weight excluding hydrogens is 1110 g/mol. The van der Waals surface area contributed by atoms with E-state index in [-0.39, 0.29) is 33.6 Å². The van der Waals surface area contributed by atoms with Crippen molar-refractivity contribution in [3.05, 3.63) is 137 Å². The number of sulfonamides is 1. The summed E-state index contributed by atoms with van der Waals surface area (Å²) in [5.74, 6) is -1.12. The molecule has 0 bridgehead atoms. The average molecular weight is 1180 g/mol. The van der Waals surface area contributed by atoms with E-state index in [1.165, 1.54) is 43.1 Å². The lowest BCUT2D eigenvalue weighted by molar-refractivity contribution is -0.154. The van der Waals surface area contributed by atoms with Crippen molar-refractivity contribution in [2.45, 2.75) is 86.8 Å². The molecule has 0 amide bonds. The maximum absolute atomic E-state index is 15.8. The fourth-order valence-electron chi connectivity index (χ4n) is 10.6. The van der Waals surface area contributed by atoms with Crippen LogP contribution >= 0.6 is 31.0 Å². The molecule has 1 aromatic heterocycles. The first-order valence-corrected chi connectivity index (χ1v) is 32.7. The molecule has 79 heavy (non-hydrogen) atoms. The number of nitrogens with zero attached hydrogens (tertiary/aromatic N) is 4. The van der Waals surface area contributed by atoms with Crippen LogP contribution in [-0.2, 0) is 34.0 Å². The van der Waals surface area contributed by atoms with E-state index in [1.807, 2.05) is 55.7 Å². The summed E-state index contributed by atoms with van der Waals surface area (Å²) in [7, 11) is -12.1. The number of hydrogen-bond donors (Lipinski definition) is 4. The van der Waals surface area contributed by atoms with E-state index >= 15 is 4.39 Å². The number of likely N-dealkylation sites (tertiary alicyclic amines) is 1. The molecule has 2 aliphatic heterocycles. The summed E-state index contributed by atoms with van der Waals surface area (Å²) in [5.41, 5.74) is 6.18. The second-order valence-corrected chi connectivity index (χ2v) is 27.6. The van der Waals surface area contributed by atoms with Gasteiger partial charge in [0.25, 0.3) is 10.0 Å². The van der Waals surface area contributed by atoms with Crippen LogP contribution < -0.4 is 19.8 Å². The number of aromatic nitrogens is 1. The van der Waals surface area contributed by atoms with Crippen molar-refractivity contribution in [1.29, 1.82) is 0 Å². The van der Waals surface area contributed by atoms with Crippen LogP contribution in [0.2, 0.25) is 5.02 Å². The fourth-order valence-corrected chi connectivity index (χ4v) is 14.8. The number of rotatable bonds is 21. The monoisotopic (exact) mass is 1180 g/mol. The number of halogens is 3. The maximum Gasteiger partial charge on any atom is 0.329 e. The van der Waals surface area contributed by atoms with Gasteiger partial charge in [0, 0.05) is 101 Å². The van der Waals surface area contributed by atoms with Gasteiger partial charge in [-0.15, -0.1) is 11.8 Å². The number of esters is 1. The smallest absolute Gasteiger partial charge is 0.329 e. The van der Waals surface area contributed by atoms with E-state index in [0.29, 0.717) is 120 Å².